The highest BCUT2D eigenvalue weighted by molar-refractivity contribution is 9.11. The average Bonchev–Trinajstić information content (AvgIpc) is 2.74. The van der Waals surface area contributed by atoms with E-state index in [1.807, 2.05) is 18.2 Å². The first-order chi connectivity index (χ1) is 8.19. The summed E-state index contributed by atoms with van der Waals surface area (Å²) >= 11 is 5.02. The van der Waals surface area contributed by atoms with Crippen LogP contribution in [0.3, 0.4) is 0 Å². The van der Waals surface area contributed by atoms with E-state index < -0.39 is 5.82 Å². The van der Waals surface area contributed by atoms with Crippen molar-refractivity contribution in [3.8, 4) is 6.07 Å². The molecule has 5 heteroatoms. The molecule has 0 unspecified atom stereocenters. The number of nitrogens with one attached hydrogen (secondary N) is 1. The smallest absolute Gasteiger partial charge is 0.141 e. The predicted octanol–water partition coefficient (Wildman–Crippen LogP) is 4.13. The fourth-order valence-corrected chi connectivity index (χ4v) is 2.78. The molecule has 0 bridgehead atoms. The zero-order valence-corrected chi connectivity index (χ0v) is 11.1. The first-order valence-corrected chi connectivity index (χ1v) is 6.48. The van der Waals surface area contributed by atoms with Gasteiger partial charge in [-0.15, -0.1) is 11.3 Å². The second-order valence-electron chi connectivity index (χ2n) is 3.37. The Hall–Kier alpha value is -1.38. The van der Waals surface area contributed by atoms with Crippen LogP contribution in [0, 0.1) is 17.1 Å². The summed E-state index contributed by atoms with van der Waals surface area (Å²) in [5.41, 5.74) is 0.801. The number of hydrogen-bond acceptors (Lipinski definition) is 3. The van der Waals surface area contributed by atoms with E-state index in [2.05, 4.69) is 21.2 Å². The Labute approximate surface area is 111 Å². The SMILES string of the molecule is N#Cc1cc(NCc2ccc(Br)s2)ccc1F. The van der Waals surface area contributed by atoms with Gasteiger partial charge in [0, 0.05) is 17.1 Å². The Morgan fingerprint density at radius 3 is 2.82 bits per heavy atom. The Kier molecular flexibility index (Phi) is 3.77. The Morgan fingerprint density at radius 2 is 2.18 bits per heavy atom. The number of anilines is 1. The molecule has 0 aliphatic rings. The Morgan fingerprint density at radius 1 is 1.35 bits per heavy atom. The molecule has 2 nitrogen and oxygen atoms in total. The summed E-state index contributed by atoms with van der Waals surface area (Å²) < 4.78 is 14.2. The van der Waals surface area contributed by atoms with E-state index in [1.165, 1.54) is 17.0 Å². The van der Waals surface area contributed by atoms with E-state index in [9.17, 15) is 4.39 Å². The molecule has 2 aromatic rings. The van der Waals surface area contributed by atoms with Crippen molar-refractivity contribution in [2.24, 2.45) is 0 Å². The van der Waals surface area contributed by atoms with Crippen LogP contribution in [-0.4, -0.2) is 0 Å². The van der Waals surface area contributed by atoms with Gasteiger partial charge < -0.3 is 5.32 Å². The molecule has 1 aromatic heterocycles. The summed E-state index contributed by atoms with van der Waals surface area (Å²) in [6.07, 6.45) is 0. The van der Waals surface area contributed by atoms with E-state index >= 15 is 0 Å². The molecule has 1 aromatic carbocycles. The molecule has 0 saturated heterocycles. The summed E-state index contributed by atoms with van der Waals surface area (Å²) in [5, 5.41) is 11.9. The van der Waals surface area contributed by atoms with Crippen LogP contribution in [0.1, 0.15) is 10.4 Å². The third kappa shape index (κ3) is 3.05. The quantitative estimate of drug-likeness (QED) is 0.925. The highest BCUT2D eigenvalue weighted by Crippen LogP contribution is 2.23. The molecule has 17 heavy (non-hydrogen) atoms. The van der Waals surface area contributed by atoms with Crippen LogP contribution >= 0.6 is 27.3 Å². The molecule has 2 rings (SSSR count). The van der Waals surface area contributed by atoms with Crippen LogP contribution in [0.2, 0.25) is 0 Å². The summed E-state index contributed by atoms with van der Waals surface area (Å²) in [6.45, 7) is 0.659. The van der Waals surface area contributed by atoms with E-state index in [1.54, 1.807) is 17.4 Å². The van der Waals surface area contributed by atoms with Gasteiger partial charge in [-0.1, -0.05) is 0 Å². The Bertz CT molecular complexity index is 574. The minimum atomic E-state index is -0.489. The van der Waals surface area contributed by atoms with Crippen molar-refractivity contribution in [2.75, 3.05) is 5.32 Å². The maximum Gasteiger partial charge on any atom is 0.141 e. The number of nitrogens with zero attached hydrogens (tertiary/aromatic N) is 1. The predicted molar refractivity (Wildman–Crippen MR) is 70.5 cm³/mol. The molecule has 0 fully saturated rings. The van der Waals surface area contributed by atoms with Gasteiger partial charge in [-0.05, 0) is 46.3 Å². The molecular weight excluding hydrogens is 303 g/mol. The van der Waals surface area contributed by atoms with Crippen LogP contribution in [0.5, 0.6) is 0 Å². The minimum Gasteiger partial charge on any atom is -0.380 e. The zero-order chi connectivity index (χ0) is 12.3. The Balaban J connectivity index is 2.07. The highest BCUT2D eigenvalue weighted by Gasteiger charge is 2.03. The van der Waals surface area contributed by atoms with E-state index in [4.69, 9.17) is 5.26 Å². The van der Waals surface area contributed by atoms with Crippen molar-refractivity contribution in [3.63, 3.8) is 0 Å². The highest BCUT2D eigenvalue weighted by atomic mass is 79.9. The maximum atomic E-state index is 13.1. The van der Waals surface area contributed by atoms with Gasteiger partial charge in [0.05, 0.1) is 9.35 Å². The van der Waals surface area contributed by atoms with Crippen molar-refractivity contribution >= 4 is 33.0 Å². The standard InChI is InChI=1S/C12H8BrFN2S/c13-12-4-2-10(17-12)7-16-9-1-3-11(14)8(5-9)6-15/h1-5,16H,7H2. The van der Waals surface area contributed by atoms with Gasteiger partial charge in [-0.2, -0.15) is 5.26 Å². The van der Waals surface area contributed by atoms with Crippen LogP contribution in [-0.2, 0) is 6.54 Å². The lowest BCUT2D eigenvalue weighted by Crippen LogP contribution is -1.98. The monoisotopic (exact) mass is 310 g/mol. The van der Waals surface area contributed by atoms with Gasteiger partial charge in [-0.25, -0.2) is 4.39 Å². The van der Waals surface area contributed by atoms with Crippen molar-refractivity contribution < 1.29 is 4.39 Å². The van der Waals surface area contributed by atoms with Crippen LogP contribution in [0.15, 0.2) is 34.1 Å². The third-order valence-corrected chi connectivity index (χ3v) is 3.81. The van der Waals surface area contributed by atoms with Crippen molar-refractivity contribution in [3.05, 3.63) is 50.4 Å². The van der Waals surface area contributed by atoms with Crippen molar-refractivity contribution in [1.82, 2.24) is 0 Å². The first kappa shape index (κ1) is 12.1. The van der Waals surface area contributed by atoms with Crippen molar-refractivity contribution in [2.45, 2.75) is 6.54 Å². The van der Waals surface area contributed by atoms with Crippen LogP contribution in [0.25, 0.3) is 0 Å². The number of benzene rings is 1. The van der Waals surface area contributed by atoms with Crippen molar-refractivity contribution in [1.29, 1.82) is 5.26 Å². The minimum absolute atomic E-state index is 0.0577. The van der Waals surface area contributed by atoms with Crippen LogP contribution < -0.4 is 5.32 Å². The largest absolute Gasteiger partial charge is 0.380 e. The normalized spacial score (nSPS) is 9.94. The topological polar surface area (TPSA) is 35.8 Å². The number of nitriles is 1. The van der Waals surface area contributed by atoms with E-state index in [0.29, 0.717) is 6.54 Å². The zero-order valence-electron chi connectivity index (χ0n) is 8.71. The summed E-state index contributed by atoms with van der Waals surface area (Å²) in [5.74, 6) is -0.489. The van der Waals surface area contributed by atoms with Gasteiger partial charge in [0.25, 0.3) is 0 Å². The first-order valence-electron chi connectivity index (χ1n) is 4.87. The molecule has 0 spiro atoms. The summed E-state index contributed by atoms with van der Waals surface area (Å²) in [4.78, 5) is 1.17. The van der Waals surface area contributed by atoms with Gasteiger partial charge in [0.1, 0.15) is 11.9 Å². The summed E-state index contributed by atoms with van der Waals surface area (Å²) in [7, 11) is 0. The maximum absolute atomic E-state index is 13.1. The third-order valence-electron chi connectivity index (χ3n) is 2.18. The van der Waals surface area contributed by atoms with Crippen LogP contribution in [0.4, 0.5) is 10.1 Å². The molecule has 0 aliphatic heterocycles. The number of thiophene rings is 1. The lowest BCUT2D eigenvalue weighted by atomic mass is 10.2. The number of hydrogen-bond donors (Lipinski definition) is 1. The molecule has 0 radical (unpaired) electrons. The second-order valence-corrected chi connectivity index (χ2v) is 5.91. The fraction of sp³-hybridized carbons (Fsp3) is 0.0833. The molecule has 0 saturated carbocycles. The van der Waals surface area contributed by atoms with E-state index in [-0.39, 0.29) is 5.56 Å². The number of rotatable bonds is 3. The van der Waals surface area contributed by atoms with Gasteiger partial charge in [0.2, 0.25) is 0 Å². The average molecular weight is 311 g/mol. The number of halogens is 2. The molecule has 0 aliphatic carbocycles. The van der Waals surface area contributed by atoms with E-state index in [0.717, 1.165) is 9.47 Å². The lowest BCUT2D eigenvalue weighted by Gasteiger charge is -2.05. The molecule has 1 N–H and O–H groups in total. The summed E-state index contributed by atoms with van der Waals surface area (Å²) in [6, 6.07) is 10.2. The molecular formula is C12H8BrFN2S. The molecule has 86 valence electrons. The fourth-order valence-electron chi connectivity index (χ4n) is 1.36. The van der Waals surface area contributed by atoms with Gasteiger partial charge in [0.15, 0.2) is 0 Å². The molecule has 1 heterocycles. The van der Waals surface area contributed by atoms with Gasteiger partial charge in [-0.3, -0.25) is 0 Å². The molecule has 0 atom stereocenters. The lowest BCUT2D eigenvalue weighted by molar-refractivity contribution is 0.624. The second kappa shape index (κ2) is 5.30. The molecule has 0 amide bonds. The van der Waals surface area contributed by atoms with Gasteiger partial charge >= 0.3 is 0 Å².